The number of nitrogens with two attached hydrogens (primary N) is 1. The second-order valence-corrected chi connectivity index (χ2v) is 3.86. The Balaban J connectivity index is 2.01. The fourth-order valence-corrected chi connectivity index (χ4v) is 1.65. The minimum atomic E-state index is -0.220. The molecule has 1 fully saturated rings. The van der Waals surface area contributed by atoms with Gasteiger partial charge in [-0.3, -0.25) is 4.79 Å². The van der Waals surface area contributed by atoms with E-state index in [-0.39, 0.29) is 5.91 Å². The molecule has 0 saturated carbocycles. The molecule has 1 saturated heterocycles. The van der Waals surface area contributed by atoms with Crippen LogP contribution >= 0.6 is 0 Å². The fraction of sp³-hybridized carbons (Fsp3) is 0.500. The van der Waals surface area contributed by atoms with Crippen LogP contribution in [0.15, 0.2) is 12.1 Å². The molecule has 0 unspecified atom stereocenters. The molecule has 0 aromatic carbocycles. The average molecular weight is 221 g/mol. The predicted molar refractivity (Wildman–Crippen MR) is 60.2 cm³/mol. The van der Waals surface area contributed by atoms with Gasteiger partial charge in [-0.15, -0.1) is 10.2 Å². The van der Waals surface area contributed by atoms with Crippen molar-refractivity contribution >= 4 is 11.7 Å². The van der Waals surface area contributed by atoms with Crippen LogP contribution in [0.2, 0.25) is 0 Å². The number of carbonyl (C=O) groups excluding carboxylic acids is 1. The maximum absolute atomic E-state index is 11.2. The Kier molecular flexibility index (Phi) is 3.00. The van der Waals surface area contributed by atoms with Gasteiger partial charge in [0.15, 0.2) is 11.5 Å². The third-order valence-electron chi connectivity index (χ3n) is 2.72. The van der Waals surface area contributed by atoms with Crippen LogP contribution in [0, 0.1) is 5.92 Å². The Bertz CT molecular complexity index is 371. The van der Waals surface area contributed by atoms with Gasteiger partial charge in [0.1, 0.15) is 0 Å². The minimum Gasteiger partial charge on any atom is -0.354 e. The largest absolute Gasteiger partial charge is 0.354 e. The van der Waals surface area contributed by atoms with Crippen molar-refractivity contribution in [3.63, 3.8) is 0 Å². The van der Waals surface area contributed by atoms with E-state index in [1.165, 1.54) is 0 Å². The summed E-state index contributed by atoms with van der Waals surface area (Å²) in [6.07, 6.45) is 0. The highest BCUT2D eigenvalue weighted by Gasteiger charge is 2.26. The standard InChI is InChI=1S/C10H15N5O/c1-12-10(16)8-2-3-9(14-13-8)15-5-7(4-11)6-15/h2-3,7H,4-6,11H2,1H3,(H,12,16). The molecule has 2 rings (SSSR count). The second kappa shape index (κ2) is 4.44. The molecule has 1 aromatic rings. The number of aromatic nitrogens is 2. The summed E-state index contributed by atoms with van der Waals surface area (Å²) in [7, 11) is 1.57. The van der Waals surface area contributed by atoms with Gasteiger partial charge in [0.05, 0.1) is 0 Å². The zero-order valence-corrected chi connectivity index (χ0v) is 9.18. The summed E-state index contributed by atoms with van der Waals surface area (Å²) in [5.41, 5.74) is 5.88. The molecule has 1 aromatic heterocycles. The summed E-state index contributed by atoms with van der Waals surface area (Å²) in [5.74, 6) is 1.14. The highest BCUT2D eigenvalue weighted by molar-refractivity contribution is 5.91. The topological polar surface area (TPSA) is 84.1 Å². The van der Waals surface area contributed by atoms with Crippen LogP contribution in [0.25, 0.3) is 0 Å². The Morgan fingerprint density at radius 3 is 2.81 bits per heavy atom. The highest BCUT2D eigenvalue weighted by Crippen LogP contribution is 2.20. The van der Waals surface area contributed by atoms with Crippen LogP contribution < -0.4 is 16.0 Å². The van der Waals surface area contributed by atoms with Gasteiger partial charge in [-0.1, -0.05) is 0 Å². The molecule has 6 nitrogen and oxygen atoms in total. The zero-order valence-electron chi connectivity index (χ0n) is 9.18. The van der Waals surface area contributed by atoms with E-state index in [1.807, 2.05) is 6.07 Å². The zero-order chi connectivity index (χ0) is 11.5. The average Bonchev–Trinajstić information content (AvgIpc) is 2.27. The van der Waals surface area contributed by atoms with Crippen LogP contribution in [0.5, 0.6) is 0 Å². The number of hydrogen-bond donors (Lipinski definition) is 2. The van der Waals surface area contributed by atoms with Gasteiger partial charge in [-0.05, 0) is 18.7 Å². The molecule has 86 valence electrons. The van der Waals surface area contributed by atoms with Gasteiger partial charge in [0.2, 0.25) is 0 Å². The van der Waals surface area contributed by atoms with Crippen LogP contribution in [0.4, 0.5) is 5.82 Å². The van der Waals surface area contributed by atoms with Crippen LogP contribution in [-0.4, -0.2) is 42.8 Å². The third kappa shape index (κ3) is 1.96. The van der Waals surface area contributed by atoms with Gasteiger partial charge in [0, 0.05) is 26.1 Å². The lowest BCUT2D eigenvalue weighted by Crippen LogP contribution is -2.50. The van der Waals surface area contributed by atoms with Crippen LogP contribution in [0.3, 0.4) is 0 Å². The van der Waals surface area contributed by atoms with Crippen molar-refractivity contribution in [2.24, 2.45) is 11.7 Å². The molecule has 1 amide bonds. The number of anilines is 1. The van der Waals surface area contributed by atoms with Gasteiger partial charge < -0.3 is 16.0 Å². The first-order valence-corrected chi connectivity index (χ1v) is 5.25. The molecule has 16 heavy (non-hydrogen) atoms. The SMILES string of the molecule is CNC(=O)c1ccc(N2CC(CN)C2)nn1. The van der Waals surface area contributed by atoms with Gasteiger partial charge in [-0.2, -0.15) is 0 Å². The highest BCUT2D eigenvalue weighted by atomic mass is 16.1. The first kappa shape index (κ1) is 10.8. The molecular formula is C10H15N5O. The summed E-state index contributed by atoms with van der Waals surface area (Å²) in [4.78, 5) is 13.3. The summed E-state index contributed by atoms with van der Waals surface area (Å²) in [5, 5.41) is 10.4. The van der Waals surface area contributed by atoms with E-state index >= 15 is 0 Å². The second-order valence-electron chi connectivity index (χ2n) is 3.86. The fourth-order valence-electron chi connectivity index (χ4n) is 1.65. The Hall–Kier alpha value is -1.69. The summed E-state index contributed by atoms with van der Waals surface area (Å²) in [6, 6.07) is 3.49. The van der Waals surface area contributed by atoms with Gasteiger partial charge >= 0.3 is 0 Å². The van der Waals surface area contributed by atoms with Gasteiger partial charge in [-0.25, -0.2) is 0 Å². The van der Waals surface area contributed by atoms with E-state index < -0.39 is 0 Å². The van der Waals surface area contributed by atoms with Crippen molar-refractivity contribution in [1.82, 2.24) is 15.5 Å². The molecule has 2 heterocycles. The number of nitrogens with zero attached hydrogens (tertiary/aromatic N) is 3. The third-order valence-corrected chi connectivity index (χ3v) is 2.72. The van der Waals surface area contributed by atoms with E-state index in [1.54, 1.807) is 13.1 Å². The maximum Gasteiger partial charge on any atom is 0.271 e. The molecule has 1 aliphatic rings. The normalized spacial score (nSPS) is 15.8. The van der Waals surface area contributed by atoms with Crippen molar-refractivity contribution in [3.05, 3.63) is 17.8 Å². The summed E-state index contributed by atoms with van der Waals surface area (Å²) < 4.78 is 0. The van der Waals surface area contributed by atoms with Crippen molar-refractivity contribution < 1.29 is 4.79 Å². The first-order valence-electron chi connectivity index (χ1n) is 5.25. The van der Waals surface area contributed by atoms with Crippen molar-refractivity contribution in [2.75, 3.05) is 31.6 Å². The summed E-state index contributed by atoms with van der Waals surface area (Å²) >= 11 is 0. The van der Waals surface area contributed by atoms with E-state index in [9.17, 15) is 4.79 Å². The van der Waals surface area contributed by atoms with Gasteiger partial charge in [0.25, 0.3) is 5.91 Å². The molecule has 3 N–H and O–H groups in total. The molecular weight excluding hydrogens is 206 g/mol. The maximum atomic E-state index is 11.2. The Morgan fingerprint density at radius 2 is 2.31 bits per heavy atom. The molecule has 0 bridgehead atoms. The van der Waals surface area contributed by atoms with Crippen LogP contribution in [-0.2, 0) is 0 Å². The van der Waals surface area contributed by atoms with Crippen LogP contribution in [0.1, 0.15) is 10.5 Å². The van der Waals surface area contributed by atoms with E-state index in [0.717, 1.165) is 18.9 Å². The minimum absolute atomic E-state index is 0.220. The molecule has 6 heteroatoms. The number of nitrogens with one attached hydrogen (secondary N) is 1. The van der Waals surface area contributed by atoms with Crippen molar-refractivity contribution in [3.8, 4) is 0 Å². The quantitative estimate of drug-likeness (QED) is 0.700. The van der Waals surface area contributed by atoms with E-state index in [0.29, 0.717) is 18.2 Å². The Labute approximate surface area is 93.8 Å². The Morgan fingerprint density at radius 1 is 1.56 bits per heavy atom. The van der Waals surface area contributed by atoms with Crippen molar-refractivity contribution in [1.29, 1.82) is 0 Å². The lowest BCUT2D eigenvalue weighted by atomic mass is 10.0. The smallest absolute Gasteiger partial charge is 0.271 e. The predicted octanol–water partition coefficient (Wildman–Crippen LogP) is -0.769. The monoisotopic (exact) mass is 221 g/mol. The van der Waals surface area contributed by atoms with Crippen molar-refractivity contribution in [2.45, 2.75) is 0 Å². The lowest BCUT2D eigenvalue weighted by molar-refractivity contribution is 0.0957. The van der Waals surface area contributed by atoms with E-state index in [2.05, 4.69) is 20.4 Å². The van der Waals surface area contributed by atoms with E-state index in [4.69, 9.17) is 5.73 Å². The number of amides is 1. The first-order chi connectivity index (χ1) is 7.74. The number of hydrogen-bond acceptors (Lipinski definition) is 5. The molecule has 0 spiro atoms. The number of rotatable bonds is 3. The molecule has 1 aliphatic heterocycles. The molecule has 0 aliphatic carbocycles. The lowest BCUT2D eigenvalue weighted by Gasteiger charge is -2.39. The summed E-state index contributed by atoms with van der Waals surface area (Å²) in [6.45, 7) is 2.55. The molecule has 0 atom stereocenters. The number of carbonyl (C=O) groups is 1. The molecule has 0 radical (unpaired) electrons.